The summed E-state index contributed by atoms with van der Waals surface area (Å²) in [4.78, 5) is 28.7. The maximum Gasteiger partial charge on any atom is 0.264 e. The van der Waals surface area contributed by atoms with Gasteiger partial charge in [-0.2, -0.15) is 0 Å². The molecule has 1 atom stereocenters. The van der Waals surface area contributed by atoms with Gasteiger partial charge in [0.1, 0.15) is 12.6 Å². The first-order valence-electron chi connectivity index (χ1n) is 12.8. The van der Waals surface area contributed by atoms with E-state index in [0.717, 1.165) is 10.7 Å². The molecule has 214 valence electrons. The molecule has 3 rings (SSSR count). The standard InChI is InChI=1S/C29H32Cl3N3O4S/c1-4-15-33-29(37)26(5-2)34(18-21-11-12-23(31)17-25(21)32)28(36)19-35(27-14-13-22(30)16-20(27)3)40(38,39)24-9-7-6-8-10-24/h6-14,16-17,26H,4-5,15,18-19H2,1-3H3,(H,33,37)/t26-/m0/s1. The lowest BCUT2D eigenvalue weighted by atomic mass is 10.1. The van der Waals surface area contributed by atoms with Gasteiger partial charge in [0.2, 0.25) is 11.8 Å². The Morgan fingerprint density at radius 1 is 0.925 bits per heavy atom. The molecule has 3 aromatic rings. The fraction of sp³-hybridized carbons (Fsp3) is 0.310. The summed E-state index contributed by atoms with van der Waals surface area (Å²) >= 11 is 18.7. The number of carbonyl (C=O) groups is 2. The van der Waals surface area contributed by atoms with E-state index in [4.69, 9.17) is 34.8 Å². The number of sulfonamides is 1. The number of rotatable bonds is 12. The maximum atomic E-state index is 14.1. The molecule has 0 unspecified atom stereocenters. The Balaban J connectivity index is 2.09. The van der Waals surface area contributed by atoms with Crippen molar-refractivity contribution in [3.05, 3.63) is 92.9 Å². The minimum atomic E-state index is -4.17. The molecule has 0 aliphatic rings. The highest BCUT2D eigenvalue weighted by Crippen LogP contribution is 2.30. The summed E-state index contributed by atoms with van der Waals surface area (Å²) in [7, 11) is -4.17. The van der Waals surface area contributed by atoms with Crippen molar-refractivity contribution in [3.8, 4) is 0 Å². The first kappa shape index (κ1) is 31.7. The van der Waals surface area contributed by atoms with Gasteiger partial charge in [0.25, 0.3) is 10.0 Å². The zero-order valence-electron chi connectivity index (χ0n) is 22.5. The van der Waals surface area contributed by atoms with Crippen LogP contribution in [-0.2, 0) is 26.2 Å². The summed E-state index contributed by atoms with van der Waals surface area (Å²) in [5, 5.41) is 4.04. The zero-order valence-corrected chi connectivity index (χ0v) is 25.6. The molecule has 0 spiro atoms. The fourth-order valence-electron chi connectivity index (χ4n) is 4.25. The predicted molar refractivity (Wildman–Crippen MR) is 162 cm³/mol. The molecule has 1 N–H and O–H groups in total. The van der Waals surface area contributed by atoms with Gasteiger partial charge in [-0.25, -0.2) is 8.42 Å². The van der Waals surface area contributed by atoms with Crippen molar-refractivity contribution < 1.29 is 18.0 Å². The van der Waals surface area contributed by atoms with Crippen LogP contribution in [0, 0.1) is 6.92 Å². The van der Waals surface area contributed by atoms with E-state index in [1.807, 2.05) is 6.92 Å². The third kappa shape index (κ3) is 7.69. The molecule has 0 saturated carbocycles. The van der Waals surface area contributed by atoms with E-state index in [-0.39, 0.29) is 17.3 Å². The number of hydrogen-bond acceptors (Lipinski definition) is 4. The number of amides is 2. The molecule has 2 amide bonds. The summed E-state index contributed by atoms with van der Waals surface area (Å²) in [6, 6.07) is 16.7. The highest BCUT2D eigenvalue weighted by Gasteiger charge is 2.34. The molecular weight excluding hydrogens is 593 g/mol. The summed E-state index contributed by atoms with van der Waals surface area (Å²) in [6.45, 7) is 5.31. The molecule has 0 fully saturated rings. The van der Waals surface area contributed by atoms with Crippen molar-refractivity contribution in [1.82, 2.24) is 10.2 Å². The van der Waals surface area contributed by atoms with Gasteiger partial charge < -0.3 is 10.2 Å². The lowest BCUT2D eigenvalue weighted by Crippen LogP contribution is -2.52. The van der Waals surface area contributed by atoms with Crippen LogP contribution in [0.4, 0.5) is 5.69 Å². The predicted octanol–water partition coefficient (Wildman–Crippen LogP) is 6.48. The third-order valence-corrected chi connectivity index (χ3v) is 8.92. The van der Waals surface area contributed by atoms with Gasteiger partial charge in [0.05, 0.1) is 10.6 Å². The Hall–Kier alpha value is -2.78. The average Bonchev–Trinajstić information content (AvgIpc) is 2.92. The second-order valence-electron chi connectivity index (χ2n) is 9.23. The van der Waals surface area contributed by atoms with Crippen LogP contribution < -0.4 is 9.62 Å². The van der Waals surface area contributed by atoms with Crippen LogP contribution in [0.15, 0.2) is 71.6 Å². The van der Waals surface area contributed by atoms with Crippen LogP contribution in [0.3, 0.4) is 0 Å². The number of benzene rings is 3. The topological polar surface area (TPSA) is 86.8 Å². The van der Waals surface area contributed by atoms with E-state index in [1.54, 1.807) is 68.4 Å². The highest BCUT2D eigenvalue weighted by atomic mass is 35.5. The smallest absolute Gasteiger partial charge is 0.264 e. The van der Waals surface area contributed by atoms with Crippen molar-refractivity contribution in [2.75, 3.05) is 17.4 Å². The third-order valence-electron chi connectivity index (χ3n) is 6.33. The molecule has 0 aliphatic heterocycles. The van der Waals surface area contributed by atoms with E-state index in [9.17, 15) is 18.0 Å². The number of nitrogens with one attached hydrogen (secondary N) is 1. The van der Waals surface area contributed by atoms with E-state index < -0.39 is 28.5 Å². The van der Waals surface area contributed by atoms with Crippen molar-refractivity contribution in [1.29, 1.82) is 0 Å². The molecular formula is C29H32Cl3N3O4S. The Morgan fingerprint density at radius 3 is 2.17 bits per heavy atom. The van der Waals surface area contributed by atoms with Crippen LogP contribution in [0.1, 0.15) is 37.8 Å². The molecule has 0 bridgehead atoms. The molecule has 40 heavy (non-hydrogen) atoms. The van der Waals surface area contributed by atoms with Crippen molar-refractivity contribution >= 4 is 62.3 Å². The second-order valence-corrected chi connectivity index (χ2v) is 12.4. The minimum Gasteiger partial charge on any atom is -0.354 e. The van der Waals surface area contributed by atoms with Gasteiger partial charge in [-0.05, 0) is 73.4 Å². The van der Waals surface area contributed by atoms with Gasteiger partial charge in [0, 0.05) is 28.2 Å². The van der Waals surface area contributed by atoms with E-state index >= 15 is 0 Å². The van der Waals surface area contributed by atoms with Crippen LogP contribution >= 0.6 is 34.8 Å². The average molecular weight is 625 g/mol. The summed E-state index contributed by atoms with van der Waals surface area (Å²) in [5.74, 6) is -0.902. The minimum absolute atomic E-state index is 0.0221. The van der Waals surface area contributed by atoms with Gasteiger partial charge in [-0.3, -0.25) is 13.9 Å². The number of aryl methyl sites for hydroxylation is 1. The van der Waals surface area contributed by atoms with Gasteiger partial charge >= 0.3 is 0 Å². The number of carbonyl (C=O) groups excluding carboxylic acids is 2. The lowest BCUT2D eigenvalue weighted by Gasteiger charge is -2.33. The lowest BCUT2D eigenvalue weighted by molar-refractivity contribution is -0.140. The SMILES string of the molecule is CCCNC(=O)[C@H](CC)N(Cc1ccc(Cl)cc1Cl)C(=O)CN(c1ccc(Cl)cc1C)S(=O)(=O)c1ccccc1. The number of nitrogens with zero attached hydrogens (tertiary/aromatic N) is 2. The van der Waals surface area contributed by atoms with Crippen molar-refractivity contribution in [2.45, 2.75) is 51.1 Å². The summed E-state index contributed by atoms with van der Waals surface area (Å²) in [5.41, 5.74) is 1.44. The number of hydrogen-bond donors (Lipinski definition) is 1. The second kappa shape index (κ2) is 14.2. The first-order valence-corrected chi connectivity index (χ1v) is 15.4. The van der Waals surface area contributed by atoms with Gasteiger partial charge in [-0.15, -0.1) is 0 Å². The van der Waals surface area contributed by atoms with Crippen LogP contribution in [0.2, 0.25) is 15.1 Å². The van der Waals surface area contributed by atoms with E-state index in [1.165, 1.54) is 17.0 Å². The summed E-state index contributed by atoms with van der Waals surface area (Å²) in [6.07, 6.45) is 1.02. The molecule has 7 nitrogen and oxygen atoms in total. The Kier molecular flexibility index (Phi) is 11.3. The Morgan fingerprint density at radius 2 is 1.57 bits per heavy atom. The summed E-state index contributed by atoms with van der Waals surface area (Å²) < 4.78 is 28.9. The first-order chi connectivity index (χ1) is 19.0. The molecule has 0 saturated heterocycles. The normalized spacial score (nSPS) is 12.1. The van der Waals surface area contributed by atoms with Crippen LogP contribution in [0.25, 0.3) is 0 Å². The zero-order chi connectivity index (χ0) is 29.4. The van der Waals surface area contributed by atoms with Crippen LogP contribution in [-0.4, -0.2) is 44.3 Å². The molecule has 0 radical (unpaired) electrons. The molecule has 11 heteroatoms. The van der Waals surface area contributed by atoms with E-state index in [2.05, 4.69) is 5.32 Å². The van der Waals surface area contributed by atoms with Crippen molar-refractivity contribution in [3.63, 3.8) is 0 Å². The fourth-order valence-corrected chi connectivity index (χ4v) is 6.45. The van der Waals surface area contributed by atoms with Crippen LogP contribution in [0.5, 0.6) is 0 Å². The molecule has 0 aliphatic carbocycles. The Bertz CT molecular complexity index is 1450. The molecule has 0 heterocycles. The highest BCUT2D eigenvalue weighted by molar-refractivity contribution is 7.92. The quantitative estimate of drug-likeness (QED) is 0.250. The number of halogens is 3. The van der Waals surface area contributed by atoms with Gasteiger partial charge in [-0.1, -0.05) is 72.9 Å². The molecule has 0 aromatic heterocycles. The van der Waals surface area contributed by atoms with Crippen molar-refractivity contribution in [2.24, 2.45) is 0 Å². The number of anilines is 1. The van der Waals surface area contributed by atoms with E-state index in [0.29, 0.717) is 44.8 Å². The largest absolute Gasteiger partial charge is 0.354 e. The Labute approximate surface area is 251 Å². The van der Waals surface area contributed by atoms with Gasteiger partial charge in [0.15, 0.2) is 0 Å². The maximum absolute atomic E-state index is 14.1. The molecule has 3 aromatic carbocycles. The monoisotopic (exact) mass is 623 g/mol.